The molecule has 0 aliphatic carbocycles. The second kappa shape index (κ2) is 9.21. The van der Waals surface area contributed by atoms with Gasteiger partial charge in [0.1, 0.15) is 7.11 Å². The monoisotopic (exact) mass is 154 g/mol. The van der Waals surface area contributed by atoms with Crippen LogP contribution in [0.3, 0.4) is 0 Å². The summed E-state index contributed by atoms with van der Waals surface area (Å²) < 4.78 is 0. The van der Waals surface area contributed by atoms with E-state index < -0.39 is 0 Å². The van der Waals surface area contributed by atoms with Crippen LogP contribution in [0.5, 0.6) is 0 Å². The molecule has 0 unspecified atom stereocenters. The predicted molar refractivity (Wildman–Crippen MR) is 48.5 cm³/mol. The lowest BCUT2D eigenvalue weighted by atomic mass is 10.2. The molecule has 2 heteroatoms. The standard InChI is InChI=1S/C9H16NO/c1-3-4-5-6-7-8-9-10-11-2/h4-5,9H,1,3,6-8H2,2H3/b5-4+,10-9-. The minimum Gasteiger partial charge on any atom is -0.399 e. The molecule has 0 rings (SSSR count). The maximum absolute atomic E-state index is 4.51. The minimum atomic E-state index is 0.881. The Hall–Kier alpha value is -0.790. The summed E-state index contributed by atoms with van der Waals surface area (Å²) in [5.41, 5.74) is 0. The number of oxime groups is 1. The highest BCUT2D eigenvalue weighted by molar-refractivity contribution is 5.56. The minimum absolute atomic E-state index is 0.881. The fraction of sp³-hybridized carbons (Fsp3) is 0.556. The Morgan fingerprint density at radius 1 is 1.36 bits per heavy atom. The van der Waals surface area contributed by atoms with E-state index in [1.54, 1.807) is 13.3 Å². The molecule has 0 bridgehead atoms. The number of unbranched alkanes of at least 4 members (excludes halogenated alkanes) is 2. The van der Waals surface area contributed by atoms with Gasteiger partial charge in [-0.05, 0) is 32.6 Å². The second-order valence-electron chi connectivity index (χ2n) is 2.16. The third-order valence-corrected chi connectivity index (χ3v) is 1.22. The molecule has 0 N–H and O–H groups in total. The van der Waals surface area contributed by atoms with Crippen molar-refractivity contribution in [2.24, 2.45) is 5.16 Å². The van der Waals surface area contributed by atoms with Crippen molar-refractivity contribution in [2.45, 2.75) is 25.7 Å². The van der Waals surface area contributed by atoms with Crippen molar-refractivity contribution in [3.8, 4) is 0 Å². The summed E-state index contributed by atoms with van der Waals surface area (Å²) in [5.74, 6) is 0. The largest absolute Gasteiger partial charge is 0.399 e. The van der Waals surface area contributed by atoms with Gasteiger partial charge >= 0.3 is 0 Å². The molecule has 1 radical (unpaired) electrons. The Kier molecular flexibility index (Phi) is 8.55. The molecule has 0 aliphatic heterocycles. The fourth-order valence-corrected chi connectivity index (χ4v) is 0.690. The van der Waals surface area contributed by atoms with Crippen LogP contribution in [0.25, 0.3) is 0 Å². The van der Waals surface area contributed by atoms with Crippen molar-refractivity contribution >= 4 is 6.21 Å². The van der Waals surface area contributed by atoms with Crippen LogP contribution in [0.4, 0.5) is 0 Å². The van der Waals surface area contributed by atoms with Crippen LogP contribution in [-0.2, 0) is 4.84 Å². The van der Waals surface area contributed by atoms with Crippen molar-refractivity contribution in [3.05, 3.63) is 19.1 Å². The molecule has 0 saturated carbocycles. The van der Waals surface area contributed by atoms with E-state index in [1.807, 2.05) is 0 Å². The van der Waals surface area contributed by atoms with Crippen LogP contribution < -0.4 is 0 Å². The Bertz CT molecular complexity index is 105. The number of nitrogens with zero attached hydrogens (tertiary/aromatic N) is 1. The number of allylic oxidation sites excluding steroid dienone is 2. The van der Waals surface area contributed by atoms with Crippen molar-refractivity contribution in [1.29, 1.82) is 0 Å². The highest BCUT2D eigenvalue weighted by atomic mass is 16.6. The summed E-state index contributed by atoms with van der Waals surface area (Å²) in [5, 5.41) is 3.63. The Morgan fingerprint density at radius 3 is 2.82 bits per heavy atom. The molecule has 0 aromatic heterocycles. The zero-order chi connectivity index (χ0) is 8.36. The molecule has 0 saturated heterocycles. The maximum atomic E-state index is 4.51. The lowest BCUT2D eigenvalue weighted by molar-refractivity contribution is 0.214. The average Bonchev–Trinajstić information content (AvgIpc) is 2.03. The van der Waals surface area contributed by atoms with Crippen LogP contribution in [0.15, 0.2) is 17.3 Å². The van der Waals surface area contributed by atoms with E-state index in [-0.39, 0.29) is 0 Å². The van der Waals surface area contributed by atoms with E-state index in [0.717, 1.165) is 25.7 Å². The Balaban J connectivity index is 3.02. The summed E-state index contributed by atoms with van der Waals surface area (Å²) in [6.45, 7) is 3.70. The van der Waals surface area contributed by atoms with Gasteiger partial charge in [0.25, 0.3) is 0 Å². The van der Waals surface area contributed by atoms with Gasteiger partial charge in [0.05, 0.1) is 0 Å². The number of hydrogen-bond donors (Lipinski definition) is 0. The molecule has 11 heavy (non-hydrogen) atoms. The van der Waals surface area contributed by atoms with E-state index in [0.29, 0.717) is 0 Å². The van der Waals surface area contributed by atoms with E-state index in [2.05, 4.69) is 29.1 Å². The van der Waals surface area contributed by atoms with Crippen LogP contribution >= 0.6 is 0 Å². The Morgan fingerprint density at radius 2 is 2.18 bits per heavy atom. The van der Waals surface area contributed by atoms with Crippen LogP contribution in [0, 0.1) is 6.92 Å². The summed E-state index contributed by atoms with van der Waals surface area (Å²) in [6, 6.07) is 0. The van der Waals surface area contributed by atoms with Gasteiger partial charge in [0.2, 0.25) is 0 Å². The van der Waals surface area contributed by atoms with Gasteiger partial charge in [-0.3, -0.25) is 0 Å². The molecule has 0 spiro atoms. The van der Waals surface area contributed by atoms with Gasteiger partial charge < -0.3 is 4.84 Å². The summed E-state index contributed by atoms with van der Waals surface area (Å²) >= 11 is 0. The highest BCUT2D eigenvalue weighted by Crippen LogP contribution is 1.95. The maximum Gasteiger partial charge on any atom is 0.106 e. The SMILES string of the molecule is [CH2]C/C=C/CCC/C=N\OC. The zero-order valence-corrected chi connectivity index (χ0v) is 7.12. The molecule has 0 aromatic rings. The Labute approximate surface area is 68.9 Å². The first-order chi connectivity index (χ1) is 5.41. The molecular weight excluding hydrogens is 138 g/mol. The first kappa shape index (κ1) is 10.2. The van der Waals surface area contributed by atoms with Gasteiger partial charge in [-0.2, -0.15) is 0 Å². The van der Waals surface area contributed by atoms with Gasteiger partial charge in [0.15, 0.2) is 0 Å². The molecule has 0 heterocycles. The second-order valence-corrected chi connectivity index (χ2v) is 2.16. The van der Waals surface area contributed by atoms with Gasteiger partial charge in [-0.1, -0.05) is 17.3 Å². The molecule has 0 amide bonds. The normalized spacial score (nSPS) is 11.5. The van der Waals surface area contributed by atoms with Gasteiger partial charge in [0, 0.05) is 6.21 Å². The van der Waals surface area contributed by atoms with Crippen molar-refractivity contribution < 1.29 is 4.84 Å². The summed E-state index contributed by atoms with van der Waals surface area (Å²) in [4.78, 5) is 4.51. The van der Waals surface area contributed by atoms with E-state index in [1.165, 1.54) is 0 Å². The van der Waals surface area contributed by atoms with Crippen molar-refractivity contribution in [3.63, 3.8) is 0 Å². The van der Waals surface area contributed by atoms with E-state index in [4.69, 9.17) is 0 Å². The van der Waals surface area contributed by atoms with E-state index in [9.17, 15) is 0 Å². The molecule has 0 aliphatic rings. The molecule has 0 fully saturated rings. The molecule has 0 aromatic carbocycles. The average molecular weight is 154 g/mol. The lowest BCUT2D eigenvalue weighted by Gasteiger charge is -1.88. The van der Waals surface area contributed by atoms with Gasteiger partial charge in [-0.15, -0.1) is 0 Å². The quantitative estimate of drug-likeness (QED) is 0.249. The third-order valence-electron chi connectivity index (χ3n) is 1.22. The first-order valence-electron chi connectivity index (χ1n) is 3.91. The fourth-order valence-electron chi connectivity index (χ4n) is 0.690. The van der Waals surface area contributed by atoms with E-state index >= 15 is 0 Å². The zero-order valence-electron chi connectivity index (χ0n) is 7.12. The molecule has 2 nitrogen and oxygen atoms in total. The van der Waals surface area contributed by atoms with Crippen LogP contribution in [0.2, 0.25) is 0 Å². The van der Waals surface area contributed by atoms with Crippen molar-refractivity contribution in [1.82, 2.24) is 0 Å². The summed E-state index contributed by atoms with van der Waals surface area (Å²) in [6.07, 6.45) is 10.1. The van der Waals surface area contributed by atoms with Crippen LogP contribution in [-0.4, -0.2) is 13.3 Å². The third kappa shape index (κ3) is 9.21. The summed E-state index contributed by atoms with van der Waals surface area (Å²) in [7, 11) is 1.55. The topological polar surface area (TPSA) is 21.6 Å². The molecular formula is C9H16NO. The van der Waals surface area contributed by atoms with Crippen LogP contribution in [0.1, 0.15) is 25.7 Å². The molecule has 63 valence electrons. The number of rotatable bonds is 6. The first-order valence-corrected chi connectivity index (χ1v) is 3.91. The van der Waals surface area contributed by atoms with Crippen molar-refractivity contribution in [2.75, 3.05) is 7.11 Å². The van der Waals surface area contributed by atoms with Gasteiger partial charge in [-0.25, -0.2) is 0 Å². The number of hydrogen-bond acceptors (Lipinski definition) is 2. The highest BCUT2D eigenvalue weighted by Gasteiger charge is 1.79. The lowest BCUT2D eigenvalue weighted by Crippen LogP contribution is -1.77. The molecule has 0 atom stereocenters. The predicted octanol–water partition coefficient (Wildman–Crippen LogP) is 2.57. The smallest absolute Gasteiger partial charge is 0.106 e.